The van der Waals surface area contributed by atoms with Crippen LogP contribution in [0.15, 0.2) is 18.2 Å². The average Bonchev–Trinajstić information content (AvgIpc) is 2.51. The van der Waals surface area contributed by atoms with E-state index in [0.29, 0.717) is 10.7 Å². The quantitative estimate of drug-likeness (QED) is 0.752. The van der Waals surface area contributed by atoms with Gasteiger partial charge in [-0.3, -0.25) is 9.59 Å². The molecule has 1 aromatic carbocycles. The zero-order valence-corrected chi connectivity index (χ0v) is 9.91. The van der Waals surface area contributed by atoms with Crippen molar-refractivity contribution < 1.29 is 9.59 Å². The molecular formula is C12H12ClNO2. The summed E-state index contributed by atoms with van der Waals surface area (Å²) >= 11 is 5.85. The second kappa shape index (κ2) is 3.91. The van der Waals surface area contributed by atoms with Gasteiger partial charge in [0, 0.05) is 10.9 Å². The van der Waals surface area contributed by atoms with Gasteiger partial charge in [-0.2, -0.15) is 0 Å². The molecule has 0 aromatic heterocycles. The highest BCUT2D eigenvalue weighted by Crippen LogP contribution is 2.32. The molecule has 4 heteroatoms. The molecule has 1 aromatic rings. The Labute approximate surface area is 99.0 Å². The summed E-state index contributed by atoms with van der Waals surface area (Å²) in [6, 6.07) is 5.16. The smallest absolute Gasteiger partial charge is 0.238 e. The summed E-state index contributed by atoms with van der Waals surface area (Å²) in [5, 5.41) is 0.588. The number of hydrogen-bond donors (Lipinski definition) is 0. The predicted octanol–water partition coefficient (Wildman–Crippen LogP) is 2.41. The minimum absolute atomic E-state index is 0.161. The van der Waals surface area contributed by atoms with Crippen molar-refractivity contribution in [3.63, 3.8) is 0 Å². The molecule has 2 rings (SSSR count). The van der Waals surface area contributed by atoms with Gasteiger partial charge in [0.25, 0.3) is 0 Å². The first kappa shape index (κ1) is 11.1. The van der Waals surface area contributed by atoms with Crippen molar-refractivity contribution >= 4 is 29.1 Å². The zero-order valence-electron chi connectivity index (χ0n) is 9.16. The van der Waals surface area contributed by atoms with Gasteiger partial charge in [-0.05, 0) is 23.8 Å². The fourth-order valence-corrected chi connectivity index (χ4v) is 1.98. The molecule has 1 aliphatic heterocycles. The number of fused-ring (bicyclic) bond motifs is 1. The normalized spacial score (nSPS) is 14.5. The second-order valence-electron chi connectivity index (χ2n) is 4.17. The van der Waals surface area contributed by atoms with E-state index in [1.807, 2.05) is 0 Å². The minimum atomic E-state index is -0.189. The molecular weight excluding hydrogens is 226 g/mol. The van der Waals surface area contributed by atoms with Crippen LogP contribution in [0.25, 0.3) is 0 Å². The van der Waals surface area contributed by atoms with Gasteiger partial charge in [-0.15, -0.1) is 0 Å². The van der Waals surface area contributed by atoms with Crippen LogP contribution in [0.1, 0.15) is 19.4 Å². The van der Waals surface area contributed by atoms with Crippen molar-refractivity contribution in [2.45, 2.75) is 20.3 Å². The topological polar surface area (TPSA) is 37.4 Å². The molecule has 0 unspecified atom stereocenters. The maximum Gasteiger partial charge on any atom is 0.238 e. The number of carbonyl (C=O) groups is 2. The summed E-state index contributed by atoms with van der Waals surface area (Å²) in [4.78, 5) is 24.9. The molecule has 0 radical (unpaired) electrons. The van der Waals surface area contributed by atoms with Crippen LogP contribution in [0, 0.1) is 5.92 Å². The molecule has 0 atom stereocenters. The lowest BCUT2D eigenvalue weighted by Crippen LogP contribution is -2.36. The largest absolute Gasteiger partial charge is 0.274 e. The molecule has 84 valence electrons. The Morgan fingerprint density at radius 2 is 2.12 bits per heavy atom. The van der Waals surface area contributed by atoms with Crippen LogP contribution < -0.4 is 4.90 Å². The Balaban J connectivity index is 2.44. The summed E-state index contributed by atoms with van der Waals surface area (Å²) in [5.74, 6) is -0.521. The Kier molecular flexibility index (Phi) is 2.72. The molecule has 0 spiro atoms. The highest BCUT2D eigenvalue weighted by molar-refractivity contribution is 6.31. The van der Waals surface area contributed by atoms with E-state index in [4.69, 9.17) is 11.6 Å². The zero-order chi connectivity index (χ0) is 11.9. The third kappa shape index (κ3) is 1.71. The lowest BCUT2D eigenvalue weighted by molar-refractivity contribution is -0.127. The van der Waals surface area contributed by atoms with Crippen LogP contribution >= 0.6 is 11.6 Å². The third-order valence-electron chi connectivity index (χ3n) is 2.59. The van der Waals surface area contributed by atoms with E-state index >= 15 is 0 Å². The molecule has 0 fully saturated rings. The SMILES string of the molecule is CC(C)C(=O)N1C(=O)Cc2cc(Cl)ccc21. The Hall–Kier alpha value is -1.35. The first-order valence-corrected chi connectivity index (χ1v) is 5.53. The first-order chi connectivity index (χ1) is 7.50. The third-order valence-corrected chi connectivity index (χ3v) is 2.82. The number of halogens is 1. The van der Waals surface area contributed by atoms with Crippen LogP contribution in [0.2, 0.25) is 5.02 Å². The van der Waals surface area contributed by atoms with Crippen molar-refractivity contribution in [3.8, 4) is 0 Å². The van der Waals surface area contributed by atoms with Crippen molar-refractivity contribution in [2.75, 3.05) is 4.90 Å². The lowest BCUT2D eigenvalue weighted by atomic mass is 10.1. The fourth-order valence-electron chi connectivity index (χ4n) is 1.79. The molecule has 0 N–H and O–H groups in total. The Bertz CT molecular complexity index is 468. The van der Waals surface area contributed by atoms with Gasteiger partial charge in [-0.1, -0.05) is 25.4 Å². The number of imide groups is 1. The number of rotatable bonds is 1. The van der Waals surface area contributed by atoms with Gasteiger partial charge >= 0.3 is 0 Å². The molecule has 0 bridgehead atoms. The van der Waals surface area contributed by atoms with Gasteiger partial charge in [-0.25, -0.2) is 4.90 Å². The van der Waals surface area contributed by atoms with Crippen LogP contribution in [0.3, 0.4) is 0 Å². The minimum Gasteiger partial charge on any atom is -0.274 e. The van der Waals surface area contributed by atoms with E-state index in [9.17, 15) is 9.59 Å². The van der Waals surface area contributed by atoms with E-state index in [2.05, 4.69) is 0 Å². The number of hydrogen-bond acceptors (Lipinski definition) is 2. The van der Waals surface area contributed by atoms with Gasteiger partial charge in [0.05, 0.1) is 12.1 Å². The summed E-state index contributed by atoms with van der Waals surface area (Å²) in [6.45, 7) is 3.56. The predicted molar refractivity (Wildman–Crippen MR) is 62.5 cm³/mol. The van der Waals surface area contributed by atoms with Crippen LogP contribution in [-0.4, -0.2) is 11.8 Å². The van der Waals surface area contributed by atoms with E-state index in [1.165, 1.54) is 4.90 Å². The number of amides is 2. The summed E-state index contributed by atoms with van der Waals surface area (Å²) in [6.07, 6.45) is 0.258. The standard InChI is InChI=1S/C12H12ClNO2/c1-7(2)12(16)14-10-4-3-9(13)5-8(10)6-11(14)15/h3-5,7H,6H2,1-2H3. The van der Waals surface area contributed by atoms with Gasteiger partial charge < -0.3 is 0 Å². The monoisotopic (exact) mass is 237 g/mol. The highest BCUT2D eigenvalue weighted by atomic mass is 35.5. The fraction of sp³-hybridized carbons (Fsp3) is 0.333. The van der Waals surface area contributed by atoms with E-state index in [0.717, 1.165) is 5.56 Å². The molecule has 16 heavy (non-hydrogen) atoms. The number of nitrogens with zero attached hydrogens (tertiary/aromatic N) is 1. The van der Waals surface area contributed by atoms with Crippen LogP contribution in [0.4, 0.5) is 5.69 Å². The number of benzene rings is 1. The average molecular weight is 238 g/mol. The molecule has 1 aliphatic rings. The number of carbonyl (C=O) groups excluding carboxylic acids is 2. The molecule has 0 saturated heterocycles. The van der Waals surface area contributed by atoms with Crippen molar-refractivity contribution in [2.24, 2.45) is 5.92 Å². The van der Waals surface area contributed by atoms with Gasteiger partial charge in [0.1, 0.15) is 0 Å². The maximum atomic E-state index is 11.9. The van der Waals surface area contributed by atoms with Crippen LogP contribution in [0.5, 0.6) is 0 Å². The second-order valence-corrected chi connectivity index (χ2v) is 4.61. The molecule has 0 aliphatic carbocycles. The van der Waals surface area contributed by atoms with Crippen molar-refractivity contribution in [3.05, 3.63) is 28.8 Å². The van der Waals surface area contributed by atoms with E-state index in [-0.39, 0.29) is 24.2 Å². The van der Waals surface area contributed by atoms with E-state index < -0.39 is 0 Å². The van der Waals surface area contributed by atoms with Crippen LogP contribution in [-0.2, 0) is 16.0 Å². The molecule has 0 saturated carbocycles. The number of anilines is 1. The maximum absolute atomic E-state index is 11.9. The Morgan fingerprint density at radius 3 is 2.75 bits per heavy atom. The first-order valence-electron chi connectivity index (χ1n) is 5.16. The summed E-state index contributed by atoms with van der Waals surface area (Å²) in [7, 11) is 0. The van der Waals surface area contributed by atoms with Gasteiger partial charge in [0.15, 0.2) is 0 Å². The lowest BCUT2D eigenvalue weighted by Gasteiger charge is -2.17. The Morgan fingerprint density at radius 1 is 1.44 bits per heavy atom. The molecule has 3 nitrogen and oxygen atoms in total. The molecule has 1 heterocycles. The van der Waals surface area contributed by atoms with E-state index in [1.54, 1.807) is 32.0 Å². The summed E-state index contributed by atoms with van der Waals surface area (Å²) < 4.78 is 0. The van der Waals surface area contributed by atoms with Crippen molar-refractivity contribution in [1.29, 1.82) is 0 Å². The highest BCUT2D eigenvalue weighted by Gasteiger charge is 2.33. The summed E-state index contributed by atoms with van der Waals surface area (Å²) in [5.41, 5.74) is 1.50. The van der Waals surface area contributed by atoms with Gasteiger partial charge in [0.2, 0.25) is 11.8 Å². The van der Waals surface area contributed by atoms with Crippen molar-refractivity contribution in [1.82, 2.24) is 0 Å². The molecule has 2 amide bonds.